The number of carbonyl (C=O) groups excluding carboxylic acids is 1. The minimum atomic E-state index is -0.704. The van der Waals surface area contributed by atoms with E-state index in [0.717, 1.165) is 28.9 Å². The van der Waals surface area contributed by atoms with Crippen LogP contribution < -0.4 is 4.90 Å². The maximum Gasteiger partial charge on any atom is 0.410 e. The summed E-state index contributed by atoms with van der Waals surface area (Å²) in [6, 6.07) is 2.03. The zero-order valence-electron chi connectivity index (χ0n) is 16.1. The predicted octanol–water partition coefficient (Wildman–Crippen LogP) is 2.53. The van der Waals surface area contributed by atoms with E-state index in [0.29, 0.717) is 26.2 Å². The van der Waals surface area contributed by atoms with Gasteiger partial charge in [-0.3, -0.25) is 9.67 Å². The van der Waals surface area contributed by atoms with Crippen molar-refractivity contribution in [2.75, 3.05) is 37.8 Å². The van der Waals surface area contributed by atoms with Crippen molar-refractivity contribution in [1.29, 1.82) is 0 Å². The Hall–Kier alpha value is -2.90. The second-order valence-corrected chi connectivity index (χ2v) is 7.26. The Bertz CT molecular complexity index is 902. The molecule has 2 aromatic heterocycles. The molecule has 0 N–H and O–H groups in total. The minimum absolute atomic E-state index is 0.441. The SMILES string of the molecule is C[C@@H](CF)OC(=O)N1CCN(c2ccnc3c2C=C(c2cnn(C)c2)C3)CC1. The topological polar surface area (TPSA) is 63.5 Å². The molecule has 0 bridgehead atoms. The fourth-order valence-electron chi connectivity index (χ4n) is 3.67. The summed E-state index contributed by atoms with van der Waals surface area (Å²) in [5.74, 6) is 0. The molecule has 3 heterocycles. The predicted molar refractivity (Wildman–Crippen MR) is 105 cm³/mol. The maximum atomic E-state index is 12.6. The number of anilines is 1. The number of hydrogen-bond donors (Lipinski definition) is 0. The maximum absolute atomic E-state index is 12.6. The van der Waals surface area contributed by atoms with Crippen molar-refractivity contribution >= 4 is 23.4 Å². The number of allylic oxidation sites excluding steroid dienone is 1. The van der Waals surface area contributed by atoms with Gasteiger partial charge in [0.15, 0.2) is 0 Å². The Morgan fingerprint density at radius 3 is 2.79 bits per heavy atom. The normalized spacial score (nSPS) is 17.3. The zero-order chi connectivity index (χ0) is 19.7. The first-order valence-corrected chi connectivity index (χ1v) is 9.49. The van der Waals surface area contributed by atoms with E-state index >= 15 is 0 Å². The van der Waals surface area contributed by atoms with E-state index in [9.17, 15) is 9.18 Å². The lowest BCUT2D eigenvalue weighted by Gasteiger charge is -2.36. The molecule has 0 unspecified atom stereocenters. The first-order valence-electron chi connectivity index (χ1n) is 9.49. The molecular weight excluding hydrogens is 361 g/mol. The molecule has 0 saturated carbocycles. The Morgan fingerprint density at radius 2 is 2.11 bits per heavy atom. The van der Waals surface area contributed by atoms with E-state index in [2.05, 4.69) is 21.1 Å². The van der Waals surface area contributed by atoms with Gasteiger partial charge >= 0.3 is 6.09 Å². The smallest absolute Gasteiger partial charge is 0.410 e. The van der Waals surface area contributed by atoms with Gasteiger partial charge in [0.05, 0.1) is 11.9 Å². The number of hydrogen-bond acceptors (Lipinski definition) is 5. The molecule has 0 radical (unpaired) electrons. The highest BCUT2D eigenvalue weighted by Crippen LogP contribution is 2.36. The molecule has 1 aliphatic carbocycles. The number of alkyl halides is 1. The molecule has 1 atom stereocenters. The van der Waals surface area contributed by atoms with Gasteiger partial charge in [-0.1, -0.05) is 0 Å². The zero-order valence-corrected chi connectivity index (χ0v) is 16.1. The summed E-state index contributed by atoms with van der Waals surface area (Å²) in [6.07, 6.45) is 7.58. The average Bonchev–Trinajstić information content (AvgIpc) is 3.33. The third-order valence-corrected chi connectivity index (χ3v) is 5.20. The number of halogens is 1. The molecule has 8 heteroatoms. The van der Waals surface area contributed by atoms with Crippen molar-refractivity contribution in [2.24, 2.45) is 7.05 Å². The molecule has 1 fully saturated rings. The molecule has 0 aromatic carbocycles. The van der Waals surface area contributed by atoms with Crippen molar-refractivity contribution in [3.05, 3.63) is 41.5 Å². The van der Waals surface area contributed by atoms with Crippen LogP contribution in [0.2, 0.25) is 0 Å². The van der Waals surface area contributed by atoms with Gasteiger partial charge in [0.1, 0.15) is 12.8 Å². The van der Waals surface area contributed by atoms with Crippen molar-refractivity contribution in [1.82, 2.24) is 19.7 Å². The summed E-state index contributed by atoms with van der Waals surface area (Å²) in [4.78, 5) is 20.6. The van der Waals surface area contributed by atoms with Crippen LogP contribution in [0.4, 0.5) is 14.9 Å². The molecule has 28 heavy (non-hydrogen) atoms. The lowest BCUT2D eigenvalue weighted by atomic mass is 10.1. The third-order valence-electron chi connectivity index (χ3n) is 5.20. The molecule has 4 rings (SSSR count). The summed E-state index contributed by atoms with van der Waals surface area (Å²) >= 11 is 0. The Balaban J connectivity index is 1.47. The standard InChI is InChI=1S/C20H24FN5O2/c1-14(11-21)28-20(27)26-7-5-25(6-8-26)19-3-4-22-18-10-15(9-17(18)19)16-12-23-24(2)13-16/h3-4,9,12-14H,5-8,10-11H2,1-2H3/t14-/m0/s1. The summed E-state index contributed by atoms with van der Waals surface area (Å²) in [5.41, 5.74) is 5.67. The lowest BCUT2D eigenvalue weighted by molar-refractivity contribution is 0.0576. The van der Waals surface area contributed by atoms with Crippen LogP contribution in [-0.4, -0.2) is 64.7 Å². The number of pyridine rings is 1. The highest BCUT2D eigenvalue weighted by atomic mass is 19.1. The van der Waals surface area contributed by atoms with Crippen LogP contribution >= 0.6 is 0 Å². The highest BCUT2D eigenvalue weighted by molar-refractivity contribution is 5.91. The van der Waals surface area contributed by atoms with Crippen LogP contribution in [-0.2, 0) is 18.2 Å². The van der Waals surface area contributed by atoms with Crippen molar-refractivity contribution in [3.8, 4) is 0 Å². The van der Waals surface area contributed by atoms with Gasteiger partial charge in [0, 0.05) is 68.9 Å². The number of amides is 1. The van der Waals surface area contributed by atoms with E-state index in [4.69, 9.17) is 4.74 Å². The second kappa shape index (κ2) is 7.61. The number of carbonyl (C=O) groups is 1. The first kappa shape index (κ1) is 18.5. The van der Waals surface area contributed by atoms with Crippen LogP contribution in [0.15, 0.2) is 24.7 Å². The highest BCUT2D eigenvalue weighted by Gasteiger charge is 2.27. The fourth-order valence-corrected chi connectivity index (χ4v) is 3.67. The van der Waals surface area contributed by atoms with Crippen LogP contribution in [0, 0.1) is 0 Å². The van der Waals surface area contributed by atoms with Gasteiger partial charge in [0.2, 0.25) is 0 Å². The second-order valence-electron chi connectivity index (χ2n) is 7.26. The molecule has 0 spiro atoms. The third kappa shape index (κ3) is 3.58. The van der Waals surface area contributed by atoms with Crippen molar-refractivity contribution in [3.63, 3.8) is 0 Å². The molecule has 1 amide bonds. The van der Waals surface area contributed by atoms with Gasteiger partial charge in [0.25, 0.3) is 0 Å². The van der Waals surface area contributed by atoms with Crippen LogP contribution in [0.25, 0.3) is 11.6 Å². The number of fused-ring (bicyclic) bond motifs is 1. The van der Waals surface area contributed by atoms with Gasteiger partial charge in [-0.2, -0.15) is 5.10 Å². The van der Waals surface area contributed by atoms with Crippen molar-refractivity contribution < 1.29 is 13.9 Å². The summed E-state index contributed by atoms with van der Waals surface area (Å²) in [6.45, 7) is 3.39. The number of nitrogens with zero attached hydrogens (tertiary/aromatic N) is 5. The Morgan fingerprint density at radius 1 is 1.32 bits per heavy atom. The lowest BCUT2D eigenvalue weighted by Crippen LogP contribution is -2.49. The van der Waals surface area contributed by atoms with Gasteiger partial charge < -0.3 is 14.5 Å². The Labute approximate surface area is 163 Å². The van der Waals surface area contributed by atoms with E-state index in [1.165, 1.54) is 5.57 Å². The average molecular weight is 385 g/mol. The molecule has 148 valence electrons. The molecule has 2 aliphatic rings. The number of ether oxygens (including phenoxy) is 1. The van der Waals surface area contributed by atoms with E-state index in [1.54, 1.807) is 16.5 Å². The molecule has 7 nitrogen and oxygen atoms in total. The van der Waals surface area contributed by atoms with Gasteiger partial charge in [-0.25, -0.2) is 9.18 Å². The minimum Gasteiger partial charge on any atom is -0.444 e. The van der Waals surface area contributed by atoms with Crippen molar-refractivity contribution in [2.45, 2.75) is 19.4 Å². The number of aryl methyl sites for hydroxylation is 1. The number of rotatable bonds is 4. The molecule has 2 aromatic rings. The number of aromatic nitrogens is 3. The van der Waals surface area contributed by atoms with Gasteiger partial charge in [-0.05, 0) is 24.6 Å². The quantitative estimate of drug-likeness (QED) is 0.809. The number of piperazine rings is 1. The summed E-state index contributed by atoms with van der Waals surface area (Å²) in [7, 11) is 1.91. The summed E-state index contributed by atoms with van der Waals surface area (Å²) < 4.78 is 19.4. The van der Waals surface area contributed by atoms with E-state index < -0.39 is 18.9 Å². The largest absolute Gasteiger partial charge is 0.444 e. The molecule has 1 aliphatic heterocycles. The van der Waals surface area contributed by atoms with E-state index in [-0.39, 0.29) is 0 Å². The first-order chi connectivity index (χ1) is 13.5. The molecule has 1 saturated heterocycles. The monoisotopic (exact) mass is 385 g/mol. The van der Waals surface area contributed by atoms with Gasteiger partial charge in [-0.15, -0.1) is 0 Å². The van der Waals surface area contributed by atoms with Crippen LogP contribution in [0.5, 0.6) is 0 Å². The Kier molecular flexibility index (Phi) is 5.02. The molecular formula is C20H24FN5O2. The van der Waals surface area contributed by atoms with Crippen LogP contribution in [0.1, 0.15) is 23.7 Å². The fraction of sp³-hybridized carbons (Fsp3) is 0.450. The van der Waals surface area contributed by atoms with Crippen LogP contribution in [0.3, 0.4) is 0 Å². The van der Waals surface area contributed by atoms with E-state index in [1.807, 2.05) is 31.7 Å². The summed E-state index contributed by atoms with van der Waals surface area (Å²) in [5, 5.41) is 4.26.